The summed E-state index contributed by atoms with van der Waals surface area (Å²) in [5, 5.41) is 5.94. The summed E-state index contributed by atoms with van der Waals surface area (Å²) in [6, 6.07) is 21.7. The third kappa shape index (κ3) is 5.65. The topological polar surface area (TPSA) is 38.3 Å². The van der Waals surface area contributed by atoms with Crippen molar-refractivity contribution in [2.75, 3.05) is 12.3 Å². The molecule has 0 unspecified atom stereocenters. The molecule has 140 valence electrons. The molecular weight excluding hydrogens is 378 g/mol. The molecule has 3 rings (SSSR count). The summed E-state index contributed by atoms with van der Waals surface area (Å²) >= 11 is 7.57. The van der Waals surface area contributed by atoms with Crippen LogP contribution in [-0.2, 0) is 4.79 Å². The van der Waals surface area contributed by atoms with Gasteiger partial charge in [0.2, 0.25) is 0 Å². The standard InChI is InChI=1S/C22H22ClNO2S/c1-2-21(26-19-10-7-16-5-3-4-6-17(16)15-19)22(25)24-13-14-27-20-11-8-18(23)9-12-20/h3-12,15,21H,2,13-14H2,1H3,(H,24,25)/t21-/m1/s1. The summed E-state index contributed by atoms with van der Waals surface area (Å²) in [5.74, 6) is 1.42. The number of hydrogen-bond donors (Lipinski definition) is 1. The predicted octanol–water partition coefficient (Wildman–Crippen LogP) is 5.56. The molecule has 3 nitrogen and oxygen atoms in total. The summed E-state index contributed by atoms with van der Waals surface area (Å²) < 4.78 is 5.93. The Morgan fingerprint density at radius 1 is 1.07 bits per heavy atom. The second-order valence-electron chi connectivity index (χ2n) is 6.12. The summed E-state index contributed by atoms with van der Waals surface area (Å²) in [5.41, 5.74) is 0. The van der Waals surface area contributed by atoms with E-state index in [0.29, 0.717) is 18.7 Å². The van der Waals surface area contributed by atoms with Gasteiger partial charge in [-0.1, -0.05) is 48.9 Å². The van der Waals surface area contributed by atoms with E-state index in [0.717, 1.165) is 26.4 Å². The molecule has 0 saturated carbocycles. The molecule has 1 amide bonds. The fraction of sp³-hybridized carbons (Fsp3) is 0.227. The molecule has 5 heteroatoms. The molecule has 0 aliphatic rings. The van der Waals surface area contributed by atoms with Crippen molar-refractivity contribution in [3.05, 3.63) is 71.8 Å². The lowest BCUT2D eigenvalue weighted by Gasteiger charge is -2.17. The molecule has 0 bridgehead atoms. The van der Waals surface area contributed by atoms with Gasteiger partial charge in [0.15, 0.2) is 6.10 Å². The minimum atomic E-state index is -0.494. The van der Waals surface area contributed by atoms with Crippen LogP contribution in [0.15, 0.2) is 71.6 Å². The number of nitrogens with one attached hydrogen (secondary N) is 1. The number of fused-ring (bicyclic) bond motifs is 1. The maximum absolute atomic E-state index is 12.4. The number of amides is 1. The second kappa shape index (κ2) is 9.67. The van der Waals surface area contributed by atoms with Crippen molar-refractivity contribution in [2.45, 2.75) is 24.3 Å². The van der Waals surface area contributed by atoms with Crippen molar-refractivity contribution < 1.29 is 9.53 Å². The van der Waals surface area contributed by atoms with Gasteiger partial charge in [-0.15, -0.1) is 11.8 Å². The first-order valence-corrected chi connectivity index (χ1v) is 10.3. The second-order valence-corrected chi connectivity index (χ2v) is 7.72. The van der Waals surface area contributed by atoms with Gasteiger partial charge < -0.3 is 10.1 Å². The van der Waals surface area contributed by atoms with Crippen LogP contribution in [0.5, 0.6) is 5.75 Å². The first-order chi connectivity index (χ1) is 13.2. The van der Waals surface area contributed by atoms with Crippen LogP contribution in [0.2, 0.25) is 5.02 Å². The average Bonchev–Trinajstić information content (AvgIpc) is 2.70. The zero-order valence-corrected chi connectivity index (χ0v) is 16.7. The molecule has 27 heavy (non-hydrogen) atoms. The highest BCUT2D eigenvalue weighted by Crippen LogP contribution is 2.22. The zero-order valence-electron chi connectivity index (χ0n) is 15.2. The third-order valence-corrected chi connectivity index (χ3v) is 5.41. The Kier molecular flexibility index (Phi) is 7.02. The molecule has 0 aliphatic carbocycles. The summed E-state index contributed by atoms with van der Waals surface area (Å²) in [7, 11) is 0. The molecule has 0 heterocycles. The molecule has 0 saturated heterocycles. The molecule has 0 fully saturated rings. The number of benzene rings is 3. The number of carbonyl (C=O) groups is 1. The molecule has 1 N–H and O–H groups in total. The Hall–Kier alpha value is -2.17. The van der Waals surface area contributed by atoms with E-state index in [1.807, 2.05) is 67.6 Å². The maximum atomic E-state index is 12.4. The average molecular weight is 400 g/mol. The number of halogens is 1. The number of carbonyl (C=O) groups excluding carboxylic acids is 1. The van der Waals surface area contributed by atoms with Gasteiger partial charge in [-0.25, -0.2) is 0 Å². The summed E-state index contributed by atoms with van der Waals surface area (Å²) in [6.45, 7) is 2.54. The van der Waals surface area contributed by atoms with Gasteiger partial charge in [0.1, 0.15) is 5.75 Å². The van der Waals surface area contributed by atoms with E-state index >= 15 is 0 Å². The van der Waals surface area contributed by atoms with Gasteiger partial charge in [-0.2, -0.15) is 0 Å². The van der Waals surface area contributed by atoms with E-state index in [-0.39, 0.29) is 5.91 Å². The monoisotopic (exact) mass is 399 g/mol. The summed E-state index contributed by atoms with van der Waals surface area (Å²) in [4.78, 5) is 13.6. The van der Waals surface area contributed by atoms with Gasteiger partial charge in [-0.05, 0) is 53.6 Å². The quantitative estimate of drug-likeness (QED) is 0.398. The van der Waals surface area contributed by atoms with Crippen molar-refractivity contribution in [1.82, 2.24) is 5.32 Å². The SMILES string of the molecule is CC[C@@H](Oc1ccc2ccccc2c1)C(=O)NCCSc1ccc(Cl)cc1. The number of rotatable bonds is 8. The third-order valence-electron chi connectivity index (χ3n) is 4.15. The number of thioether (sulfide) groups is 1. The van der Waals surface area contributed by atoms with Crippen LogP contribution in [0.4, 0.5) is 0 Å². The van der Waals surface area contributed by atoms with Crippen molar-refractivity contribution in [1.29, 1.82) is 0 Å². The lowest BCUT2D eigenvalue weighted by atomic mass is 10.1. The lowest BCUT2D eigenvalue weighted by Crippen LogP contribution is -2.39. The van der Waals surface area contributed by atoms with Crippen molar-refractivity contribution in [2.24, 2.45) is 0 Å². The minimum Gasteiger partial charge on any atom is -0.481 e. The van der Waals surface area contributed by atoms with Gasteiger partial charge in [-0.3, -0.25) is 4.79 Å². The van der Waals surface area contributed by atoms with E-state index < -0.39 is 6.10 Å². The first kappa shape index (κ1) is 19.6. The Labute approximate surface area is 169 Å². The van der Waals surface area contributed by atoms with Gasteiger partial charge in [0, 0.05) is 22.2 Å². The van der Waals surface area contributed by atoms with Crippen molar-refractivity contribution in [3.63, 3.8) is 0 Å². The molecule has 3 aromatic carbocycles. The Morgan fingerprint density at radius 2 is 1.81 bits per heavy atom. The Balaban J connectivity index is 1.50. The highest BCUT2D eigenvalue weighted by Gasteiger charge is 2.18. The van der Waals surface area contributed by atoms with Crippen LogP contribution >= 0.6 is 23.4 Å². The summed E-state index contributed by atoms with van der Waals surface area (Å²) in [6.07, 6.45) is 0.120. The van der Waals surface area contributed by atoms with Crippen LogP contribution in [0.3, 0.4) is 0 Å². The highest BCUT2D eigenvalue weighted by atomic mass is 35.5. The maximum Gasteiger partial charge on any atom is 0.261 e. The molecule has 0 aliphatic heterocycles. The Bertz CT molecular complexity index is 898. The van der Waals surface area contributed by atoms with E-state index in [1.54, 1.807) is 11.8 Å². The largest absolute Gasteiger partial charge is 0.481 e. The molecule has 0 aromatic heterocycles. The van der Waals surface area contributed by atoms with Gasteiger partial charge in [0.25, 0.3) is 5.91 Å². The smallest absolute Gasteiger partial charge is 0.261 e. The van der Waals surface area contributed by atoms with Crippen molar-refractivity contribution in [3.8, 4) is 5.75 Å². The van der Waals surface area contributed by atoms with E-state index in [4.69, 9.17) is 16.3 Å². The van der Waals surface area contributed by atoms with Crippen LogP contribution < -0.4 is 10.1 Å². The fourth-order valence-corrected chi connectivity index (χ4v) is 3.61. The molecule has 0 radical (unpaired) electrons. The van der Waals surface area contributed by atoms with Crippen LogP contribution in [0.25, 0.3) is 10.8 Å². The Morgan fingerprint density at radius 3 is 2.56 bits per heavy atom. The zero-order chi connectivity index (χ0) is 19.1. The fourth-order valence-electron chi connectivity index (χ4n) is 2.72. The number of ether oxygens (including phenoxy) is 1. The molecule has 3 aromatic rings. The highest BCUT2D eigenvalue weighted by molar-refractivity contribution is 7.99. The van der Waals surface area contributed by atoms with Crippen molar-refractivity contribution >= 4 is 40.0 Å². The molecule has 1 atom stereocenters. The molecule has 0 spiro atoms. The van der Waals surface area contributed by atoms with E-state index in [9.17, 15) is 4.79 Å². The van der Waals surface area contributed by atoms with E-state index in [2.05, 4.69) is 11.4 Å². The van der Waals surface area contributed by atoms with E-state index in [1.165, 1.54) is 0 Å². The van der Waals surface area contributed by atoms with Crippen LogP contribution in [-0.4, -0.2) is 24.3 Å². The van der Waals surface area contributed by atoms with Gasteiger partial charge >= 0.3 is 0 Å². The first-order valence-electron chi connectivity index (χ1n) is 8.97. The van der Waals surface area contributed by atoms with Crippen LogP contribution in [0.1, 0.15) is 13.3 Å². The minimum absolute atomic E-state index is 0.0811. The van der Waals surface area contributed by atoms with Gasteiger partial charge in [0.05, 0.1) is 0 Å². The molecular formula is C22H22ClNO2S. The lowest BCUT2D eigenvalue weighted by molar-refractivity contribution is -0.127. The normalized spacial score (nSPS) is 11.9. The predicted molar refractivity (Wildman–Crippen MR) is 114 cm³/mol. The number of hydrogen-bond acceptors (Lipinski definition) is 3. The van der Waals surface area contributed by atoms with Crippen LogP contribution in [0, 0.1) is 0 Å².